The number of aryl methyl sites for hydroxylation is 1. The zero-order chi connectivity index (χ0) is 20.4. The number of carbonyl (C=O) groups excluding carboxylic acids is 2. The van der Waals surface area contributed by atoms with Crippen LogP contribution in [0, 0.1) is 6.92 Å². The standard InChI is InChI=1S/C21H28N6O2/c1-16-12-19(25-10-8-24(9-11-25)17(2)28)13-20(23-16)18-4-7-26(14-18)21(29)15-27-6-3-5-22-27/h3,5-6,12-13,18H,4,7-11,14-15H2,1-2H3. The van der Waals surface area contributed by atoms with Crippen LogP contribution in [-0.2, 0) is 16.1 Å². The lowest BCUT2D eigenvalue weighted by atomic mass is 10.0. The molecule has 154 valence electrons. The van der Waals surface area contributed by atoms with E-state index in [9.17, 15) is 9.59 Å². The lowest BCUT2D eigenvalue weighted by Gasteiger charge is -2.36. The predicted molar refractivity (Wildman–Crippen MR) is 110 cm³/mol. The monoisotopic (exact) mass is 396 g/mol. The van der Waals surface area contributed by atoms with Crippen molar-refractivity contribution in [2.75, 3.05) is 44.2 Å². The number of hydrogen-bond donors (Lipinski definition) is 0. The average Bonchev–Trinajstić information content (AvgIpc) is 3.39. The summed E-state index contributed by atoms with van der Waals surface area (Å²) < 4.78 is 1.67. The summed E-state index contributed by atoms with van der Waals surface area (Å²) in [6.45, 7) is 8.58. The second-order valence-corrected chi connectivity index (χ2v) is 7.91. The van der Waals surface area contributed by atoms with Gasteiger partial charge in [-0.15, -0.1) is 0 Å². The van der Waals surface area contributed by atoms with E-state index in [-0.39, 0.29) is 24.3 Å². The quantitative estimate of drug-likeness (QED) is 0.778. The van der Waals surface area contributed by atoms with Crippen molar-refractivity contribution < 1.29 is 9.59 Å². The highest BCUT2D eigenvalue weighted by molar-refractivity contribution is 5.76. The molecule has 0 saturated carbocycles. The molecule has 1 atom stereocenters. The number of anilines is 1. The molecule has 4 heterocycles. The molecule has 8 heteroatoms. The predicted octanol–water partition coefficient (Wildman–Crippen LogP) is 1.27. The number of aromatic nitrogens is 3. The van der Waals surface area contributed by atoms with Gasteiger partial charge in [-0.3, -0.25) is 19.3 Å². The summed E-state index contributed by atoms with van der Waals surface area (Å²) in [4.78, 5) is 35.0. The van der Waals surface area contributed by atoms with Crippen LogP contribution in [0.4, 0.5) is 5.69 Å². The van der Waals surface area contributed by atoms with Gasteiger partial charge in [0, 0.05) is 81.6 Å². The second-order valence-electron chi connectivity index (χ2n) is 7.91. The summed E-state index contributed by atoms with van der Waals surface area (Å²) >= 11 is 0. The summed E-state index contributed by atoms with van der Waals surface area (Å²) in [5, 5.41) is 4.12. The second kappa shape index (κ2) is 8.23. The number of carbonyl (C=O) groups is 2. The molecule has 2 fully saturated rings. The third kappa shape index (κ3) is 4.41. The van der Waals surface area contributed by atoms with Crippen molar-refractivity contribution in [1.82, 2.24) is 24.6 Å². The maximum Gasteiger partial charge on any atom is 0.244 e. The molecular formula is C21H28N6O2. The molecule has 2 aromatic heterocycles. The Morgan fingerprint density at radius 2 is 1.90 bits per heavy atom. The minimum absolute atomic E-state index is 0.101. The summed E-state index contributed by atoms with van der Waals surface area (Å²) in [6.07, 6.45) is 4.43. The minimum atomic E-state index is 0.101. The van der Waals surface area contributed by atoms with Crippen molar-refractivity contribution in [3.8, 4) is 0 Å². The Labute approximate surface area is 171 Å². The first-order chi connectivity index (χ1) is 14.0. The number of likely N-dealkylation sites (tertiary alicyclic amines) is 1. The molecule has 2 saturated heterocycles. The summed E-state index contributed by atoms with van der Waals surface area (Å²) in [6, 6.07) is 6.11. The van der Waals surface area contributed by atoms with Crippen molar-refractivity contribution in [3.63, 3.8) is 0 Å². The molecule has 2 aliphatic heterocycles. The normalized spacial score (nSPS) is 19.7. The van der Waals surface area contributed by atoms with Crippen LogP contribution in [0.25, 0.3) is 0 Å². The number of piperazine rings is 1. The Kier molecular flexibility index (Phi) is 5.51. The largest absolute Gasteiger partial charge is 0.368 e. The lowest BCUT2D eigenvalue weighted by molar-refractivity contribution is -0.131. The van der Waals surface area contributed by atoms with Crippen LogP contribution >= 0.6 is 0 Å². The van der Waals surface area contributed by atoms with E-state index in [0.717, 1.165) is 56.2 Å². The maximum atomic E-state index is 12.6. The summed E-state index contributed by atoms with van der Waals surface area (Å²) in [7, 11) is 0. The van der Waals surface area contributed by atoms with Crippen molar-refractivity contribution in [3.05, 3.63) is 42.0 Å². The fraction of sp³-hybridized carbons (Fsp3) is 0.524. The van der Waals surface area contributed by atoms with Crippen molar-refractivity contribution >= 4 is 17.5 Å². The van der Waals surface area contributed by atoms with Crippen molar-refractivity contribution in [2.24, 2.45) is 0 Å². The molecule has 0 aromatic carbocycles. The van der Waals surface area contributed by atoms with E-state index >= 15 is 0 Å². The maximum absolute atomic E-state index is 12.6. The highest BCUT2D eigenvalue weighted by atomic mass is 16.2. The van der Waals surface area contributed by atoms with E-state index in [4.69, 9.17) is 4.98 Å². The van der Waals surface area contributed by atoms with E-state index in [1.165, 1.54) is 0 Å². The van der Waals surface area contributed by atoms with Gasteiger partial charge in [-0.1, -0.05) is 0 Å². The van der Waals surface area contributed by atoms with E-state index in [2.05, 4.69) is 22.1 Å². The van der Waals surface area contributed by atoms with Crippen molar-refractivity contribution in [1.29, 1.82) is 0 Å². The fourth-order valence-corrected chi connectivity index (χ4v) is 4.21. The van der Waals surface area contributed by atoms with E-state index in [0.29, 0.717) is 6.54 Å². The number of nitrogens with zero attached hydrogens (tertiary/aromatic N) is 6. The van der Waals surface area contributed by atoms with Gasteiger partial charge >= 0.3 is 0 Å². The Morgan fingerprint density at radius 1 is 1.10 bits per heavy atom. The highest BCUT2D eigenvalue weighted by Gasteiger charge is 2.29. The lowest BCUT2D eigenvalue weighted by Crippen LogP contribution is -2.48. The van der Waals surface area contributed by atoms with Gasteiger partial charge in [0.15, 0.2) is 0 Å². The van der Waals surface area contributed by atoms with Gasteiger partial charge in [0.2, 0.25) is 11.8 Å². The third-order valence-electron chi connectivity index (χ3n) is 5.86. The number of hydrogen-bond acceptors (Lipinski definition) is 5. The van der Waals surface area contributed by atoms with Crippen LogP contribution in [0.3, 0.4) is 0 Å². The summed E-state index contributed by atoms with van der Waals surface area (Å²) in [5.41, 5.74) is 3.22. The summed E-state index contributed by atoms with van der Waals surface area (Å²) in [5.74, 6) is 0.500. The van der Waals surface area contributed by atoms with Gasteiger partial charge < -0.3 is 14.7 Å². The molecule has 1 unspecified atom stereocenters. The van der Waals surface area contributed by atoms with Crippen LogP contribution in [0.15, 0.2) is 30.6 Å². The average molecular weight is 396 g/mol. The number of rotatable bonds is 4. The van der Waals surface area contributed by atoms with Gasteiger partial charge in [0.1, 0.15) is 6.54 Å². The molecule has 4 rings (SSSR count). The molecule has 0 N–H and O–H groups in total. The fourth-order valence-electron chi connectivity index (χ4n) is 4.21. The SMILES string of the molecule is CC(=O)N1CCN(c2cc(C)nc(C3CCN(C(=O)Cn4cccn4)C3)c2)CC1. The zero-order valence-electron chi connectivity index (χ0n) is 17.1. The first-order valence-corrected chi connectivity index (χ1v) is 10.2. The Hall–Kier alpha value is -2.90. The molecule has 0 radical (unpaired) electrons. The molecule has 0 aliphatic carbocycles. The van der Waals surface area contributed by atoms with Crippen molar-refractivity contribution in [2.45, 2.75) is 32.7 Å². The molecule has 2 amide bonds. The first kappa shape index (κ1) is 19.4. The van der Waals surface area contributed by atoms with E-state index < -0.39 is 0 Å². The molecule has 8 nitrogen and oxygen atoms in total. The van der Waals surface area contributed by atoms with Crippen LogP contribution in [0.5, 0.6) is 0 Å². The van der Waals surface area contributed by atoms with Crippen LogP contribution in [0.1, 0.15) is 30.7 Å². The van der Waals surface area contributed by atoms with Crippen LogP contribution in [-0.4, -0.2) is 75.6 Å². The molecule has 2 aromatic rings. The molecule has 0 spiro atoms. The topological polar surface area (TPSA) is 74.6 Å². The van der Waals surface area contributed by atoms with Gasteiger partial charge in [-0.2, -0.15) is 5.10 Å². The molecule has 29 heavy (non-hydrogen) atoms. The van der Waals surface area contributed by atoms with E-state index in [1.807, 2.05) is 29.0 Å². The van der Waals surface area contributed by atoms with E-state index in [1.54, 1.807) is 17.8 Å². The first-order valence-electron chi connectivity index (χ1n) is 10.2. The smallest absolute Gasteiger partial charge is 0.244 e. The Bertz CT molecular complexity index is 873. The van der Waals surface area contributed by atoms with Crippen LogP contribution < -0.4 is 4.90 Å². The third-order valence-corrected chi connectivity index (χ3v) is 5.86. The van der Waals surface area contributed by atoms with Crippen LogP contribution in [0.2, 0.25) is 0 Å². The van der Waals surface area contributed by atoms with Gasteiger partial charge in [-0.25, -0.2) is 0 Å². The minimum Gasteiger partial charge on any atom is -0.368 e. The highest BCUT2D eigenvalue weighted by Crippen LogP contribution is 2.29. The van der Waals surface area contributed by atoms with Gasteiger partial charge in [0.25, 0.3) is 0 Å². The van der Waals surface area contributed by atoms with Gasteiger partial charge in [0.05, 0.1) is 0 Å². The molecular weight excluding hydrogens is 368 g/mol. The Morgan fingerprint density at radius 3 is 2.59 bits per heavy atom. The Balaban J connectivity index is 1.41. The number of amides is 2. The molecule has 0 bridgehead atoms. The number of pyridine rings is 1. The zero-order valence-corrected chi connectivity index (χ0v) is 17.1. The molecule has 2 aliphatic rings. The van der Waals surface area contributed by atoms with Gasteiger partial charge in [-0.05, 0) is 31.5 Å².